The van der Waals surface area contributed by atoms with Gasteiger partial charge in [-0.3, -0.25) is 10.7 Å². The third-order valence-electron chi connectivity index (χ3n) is 5.78. The van der Waals surface area contributed by atoms with Gasteiger partial charge >= 0.3 is 12.7 Å². The number of nitrogen functional groups attached to an aromatic ring is 1. The summed E-state index contributed by atoms with van der Waals surface area (Å²) < 4.78 is 79.8. The van der Waals surface area contributed by atoms with Crippen LogP contribution in [0.3, 0.4) is 0 Å². The average molecular weight is 488 g/mol. The molecule has 3 aromatic rings. The first-order valence-electron chi connectivity index (χ1n) is 10.5. The summed E-state index contributed by atoms with van der Waals surface area (Å²) in [4.78, 5) is 5.78. The van der Waals surface area contributed by atoms with Crippen molar-refractivity contribution in [2.75, 3.05) is 18.5 Å². The van der Waals surface area contributed by atoms with Crippen molar-refractivity contribution in [2.45, 2.75) is 38.0 Å². The number of hydrogen-bond donors (Lipinski definition) is 3. The molecule has 0 radical (unpaired) electrons. The summed E-state index contributed by atoms with van der Waals surface area (Å²) in [6.07, 6.45) is -7.07. The SMILES string of the molecule is FC(F)(F)Oc1ccc2[nH]c3c(c2c1)CN1CCC3CC1.NNc1ccc(OC(F)(F)F)cc1. The van der Waals surface area contributed by atoms with Crippen molar-refractivity contribution in [3.63, 3.8) is 0 Å². The second-order valence-corrected chi connectivity index (χ2v) is 8.04. The van der Waals surface area contributed by atoms with Gasteiger partial charge in [-0.15, -0.1) is 26.3 Å². The number of anilines is 1. The molecule has 0 unspecified atom stereocenters. The molecule has 184 valence electrons. The number of nitrogens with two attached hydrogens (primary N) is 1. The van der Waals surface area contributed by atoms with Crippen molar-refractivity contribution in [1.82, 2.24) is 9.88 Å². The Labute approximate surface area is 190 Å². The Morgan fingerprint density at radius 2 is 1.47 bits per heavy atom. The predicted molar refractivity (Wildman–Crippen MR) is 113 cm³/mol. The smallest absolute Gasteiger partial charge is 0.406 e. The number of hydrogen-bond acceptors (Lipinski definition) is 5. The van der Waals surface area contributed by atoms with Crippen LogP contribution in [0, 0.1) is 0 Å². The first kappa shape index (κ1) is 24.0. The molecular formula is C22H22F6N4O2. The zero-order valence-corrected chi connectivity index (χ0v) is 17.8. The number of nitrogens with one attached hydrogen (secondary N) is 2. The maximum Gasteiger partial charge on any atom is 0.573 e. The summed E-state index contributed by atoms with van der Waals surface area (Å²) in [6.45, 7) is 2.93. The molecule has 12 heteroatoms. The van der Waals surface area contributed by atoms with E-state index in [2.05, 4.69) is 24.8 Å². The van der Waals surface area contributed by atoms with Crippen LogP contribution < -0.4 is 20.7 Å². The molecule has 1 aromatic heterocycles. The normalized spacial score (nSPS) is 19.6. The first-order valence-corrected chi connectivity index (χ1v) is 10.5. The van der Waals surface area contributed by atoms with E-state index >= 15 is 0 Å². The van der Waals surface area contributed by atoms with Crippen LogP contribution in [0.25, 0.3) is 10.9 Å². The Bertz CT molecular complexity index is 1120. The lowest BCUT2D eigenvalue weighted by molar-refractivity contribution is -0.275. The van der Waals surface area contributed by atoms with Crippen LogP contribution >= 0.6 is 0 Å². The zero-order chi connectivity index (χ0) is 24.5. The van der Waals surface area contributed by atoms with Crippen LogP contribution in [0.1, 0.15) is 30.0 Å². The molecule has 1 fully saturated rings. The maximum atomic E-state index is 12.4. The van der Waals surface area contributed by atoms with E-state index in [-0.39, 0.29) is 11.5 Å². The molecule has 3 aliphatic heterocycles. The van der Waals surface area contributed by atoms with Crippen LogP contribution in [-0.2, 0) is 6.54 Å². The topological polar surface area (TPSA) is 75.5 Å². The number of piperidine rings is 1. The fourth-order valence-electron chi connectivity index (χ4n) is 4.32. The van der Waals surface area contributed by atoms with Gasteiger partial charge in [0.25, 0.3) is 0 Å². The number of nitrogens with zero attached hydrogens (tertiary/aromatic N) is 1. The van der Waals surface area contributed by atoms with Crippen LogP contribution in [0.2, 0.25) is 0 Å². The molecule has 6 nitrogen and oxygen atoms in total. The van der Waals surface area contributed by atoms with E-state index in [1.165, 1.54) is 42.1 Å². The van der Waals surface area contributed by atoms with Gasteiger partial charge in [-0.2, -0.15) is 0 Å². The number of benzene rings is 2. The molecule has 4 heterocycles. The Morgan fingerprint density at radius 3 is 2.06 bits per heavy atom. The molecule has 4 N–H and O–H groups in total. The van der Waals surface area contributed by atoms with Crippen molar-refractivity contribution in [1.29, 1.82) is 0 Å². The highest BCUT2D eigenvalue weighted by molar-refractivity contribution is 5.86. The Hall–Kier alpha value is -3.12. The van der Waals surface area contributed by atoms with Gasteiger partial charge in [-0.05, 0) is 74.0 Å². The van der Waals surface area contributed by atoms with Crippen molar-refractivity contribution in [3.8, 4) is 11.5 Å². The lowest BCUT2D eigenvalue weighted by Crippen LogP contribution is -2.29. The second-order valence-electron chi connectivity index (χ2n) is 8.04. The molecule has 0 atom stereocenters. The number of hydrazine groups is 1. The molecular weight excluding hydrogens is 466 g/mol. The summed E-state index contributed by atoms with van der Waals surface area (Å²) in [5, 5.41) is 0.852. The number of rotatable bonds is 3. The van der Waals surface area contributed by atoms with Gasteiger partial charge in [0.05, 0.1) is 0 Å². The van der Waals surface area contributed by atoms with E-state index in [9.17, 15) is 26.3 Å². The molecule has 0 spiro atoms. The summed E-state index contributed by atoms with van der Waals surface area (Å²) in [6, 6.07) is 9.63. The van der Waals surface area contributed by atoms with Crippen LogP contribution in [-0.4, -0.2) is 35.7 Å². The van der Waals surface area contributed by atoms with Gasteiger partial charge in [0.2, 0.25) is 0 Å². The number of halogens is 6. The van der Waals surface area contributed by atoms with Crippen LogP contribution in [0.5, 0.6) is 11.5 Å². The fraction of sp³-hybridized carbons (Fsp3) is 0.364. The Kier molecular flexibility index (Phi) is 6.54. The number of aromatic nitrogens is 1. The molecule has 2 aromatic carbocycles. The van der Waals surface area contributed by atoms with E-state index in [1.807, 2.05) is 0 Å². The minimum absolute atomic E-state index is 0.150. The Morgan fingerprint density at radius 1 is 0.882 bits per heavy atom. The molecule has 1 saturated heterocycles. The highest BCUT2D eigenvalue weighted by atomic mass is 19.4. The second kappa shape index (κ2) is 9.26. The predicted octanol–water partition coefficient (Wildman–Crippen LogP) is 5.63. The summed E-state index contributed by atoms with van der Waals surface area (Å²) in [5.41, 5.74) is 6.02. The van der Waals surface area contributed by atoms with E-state index in [4.69, 9.17) is 5.84 Å². The number of ether oxygens (including phenoxy) is 2. The van der Waals surface area contributed by atoms with Gasteiger partial charge in [0.1, 0.15) is 11.5 Å². The summed E-state index contributed by atoms with van der Waals surface area (Å²) in [7, 11) is 0. The third kappa shape index (κ3) is 5.86. The zero-order valence-electron chi connectivity index (χ0n) is 17.8. The molecule has 6 rings (SSSR count). The first-order chi connectivity index (χ1) is 16.0. The van der Waals surface area contributed by atoms with E-state index in [1.54, 1.807) is 6.07 Å². The molecule has 0 amide bonds. The van der Waals surface area contributed by atoms with E-state index < -0.39 is 12.7 Å². The molecule has 34 heavy (non-hydrogen) atoms. The quantitative estimate of drug-likeness (QED) is 0.253. The molecule has 3 aliphatic rings. The van der Waals surface area contributed by atoms with Crippen molar-refractivity contribution >= 4 is 16.6 Å². The minimum Gasteiger partial charge on any atom is -0.406 e. The Balaban J connectivity index is 0.000000182. The molecule has 2 bridgehead atoms. The minimum atomic E-state index is -4.66. The molecule has 0 aliphatic carbocycles. The number of aromatic amines is 1. The third-order valence-corrected chi connectivity index (χ3v) is 5.78. The maximum absolute atomic E-state index is 12.4. The standard InChI is InChI=1S/C15H15F3N2O.C7H7F3N2O/c16-15(17,18)21-10-1-2-13-11(7-10)12-8-20-5-3-9(4-6-20)14(12)19-13;8-7(9,10)13-6-3-1-5(12-11)2-4-6/h1-2,7,9,19H,3-6,8H2;1-4,12H,11H2. The fourth-order valence-corrected chi connectivity index (χ4v) is 4.32. The highest BCUT2D eigenvalue weighted by Crippen LogP contribution is 2.40. The number of H-pyrrole nitrogens is 1. The largest absolute Gasteiger partial charge is 0.573 e. The van der Waals surface area contributed by atoms with Crippen molar-refractivity contribution in [2.24, 2.45) is 5.84 Å². The lowest BCUT2D eigenvalue weighted by atomic mass is 9.94. The van der Waals surface area contributed by atoms with E-state index in [0.29, 0.717) is 11.6 Å². The highest BCUT2D eigenvalue weighted by Gasteiger charge is 2.33. The average Bonchev–Trinajstić information content (AvgIpc) is 2.91. The van der Waals surface area contributed by atoms with Gasteiger partial charge in [-0.1, -0.05) is 0 Å². The monoisotopic (exact) mass is 488 g/mol. The number of fused-ring (bicyclic) bond motifs is 3. The van der Waals surface area contributed by atoms with Gasteiger partial charge in [0.15, 0.2) is 0 Å². The summed E-state index contributed by atoms with van der Waals surface area (Å²) in [5.74, 6) is 5.09. The van der Waals surface area contributed by atoms with Crippen LogP contribution in [0.4, 0.5) is 32.0 Å². The van der Waals surface area contributed by atoms with Gasteiger partial charge < -0.3 is 19.9 Å². The van der Waals surface area contributed by atoms with E-state index in [0.717, 1.165) is 48.9 Å². The van der Waals surface area contributed by atoms with Gasteiger partial charge in [0, 0.05) is 34.7 Å². The molecule has 0 saturated carbocycles. The van der Waals surface area contributed by atoms with Crippen molar-refractivity contribution < 1.29 is 35.8 Å². The number of alkyl halides is 6. The summed E-state index contributed by atoms with van der Waals surface area (Å²) >= 11 is 0. The lowest BCUT2D eigenvalue weighted by Gasteiger charge is -2.26. The van der Waals surface area contributed by atoms with Gasteiger partial charge in [-0.25, -0.2) is 0 Å². The van der Waals surface area contributed by atoms with Crippen molar-refractivity contribution in [3.05, 3.63) is 53.7 Å². The van der Waals surface area contributed by atoms with Crippen LogP contribution in [0.15, 0.2) is 42.5 Å².